The molecule has 0 aromatic heterocycles. The van der Waals surface area contributed by atoms with Gasteiger partial charge in [-0.3, -0.25) is 0 Å². The van der Waals surface area contributed by atoms with Crippen molar-refractivity contribution in [2.75, 3.05) is 19.6 Å². The molecule has 2 heteroatoms. The highest BCUT2D eigenvalue weighted by Gasteiger charge is 2.36. The molecular weight excluding hydrogens is 172 g/mol. The second-order valence-corrected chi connectivity index (χ2v) is 6.19. The van der Waals surface area contributed by atoms with Crippen LogP contribution < -0.4 is 5.73 Å². The Hall–Kier alpha value is -0.0800. The monoisotopic (exact) mass is 196 g/mol. The first-order chi connectivity index (χ1) is 6.49. The molecule has 1 aliphatic heterocycles. The van der Waals surface area contributed by atoms with Gasteiger partial charge in [0.05, 0.1) is 0 Å². The van der Waals surface area contributed by atoms with Crippen LogP contribution in [0.25, 0.3) is 0 Å². The third-order valence-electron chi connectivity index (χ3n) is 3.89. The van der Waals surface area contributed by atoms with Crippen LogP contribution in [0.15, 0.2) is 0 Å². The molecule has 1 saturated carbocycles. The van der Waals surface area contributed by atoms with E-state index in [1.165, 1.54) is 45.2 Å². The topological polar surface area (TPSA) is 29.3 Å². The molecule has 1 aliphatic carbocycles. The Morgan fingerprint density at radius 1 is 1.14 bits per heavy atom. The van der Waals surface area contributed by atoms with Gasteiger partial charge in [-0.1, -0.05) is 26.7 Å². The van der Waals surface area contributed by atoms with Gasteiger partial charge in [-0.15, -0.1) is 0 Å². The summed E-state index contributed by atoms with van der Waals surface area (Å²) >= 11 is 0. The summed E-state index contributed by atoms with van der Waals surface area (Å²) in [6, 6.07) is 0. The van der Waals surface area contributed by atoms with Crippen molar-refractivity contribution in [2.24, 2.45) is 11.1 Å². The van der Waals surface area contributed by atoms with Gasteiger partial charge in [0.15, 0.2) is 0 Å². The Kier molecular flexibility index (Phi) is 2.61. The van der Waals surface area contributed by atoms with E-state index in [2.05, 4.69) is 18.7 Å². The first-order valence-electron chi connectivity index (χ1n) is 6.01. The Balaban J connectivity index is 1.86. The van der Waals surface area contributed by atoms with Crippen molar-refractivity contribution in [3.05, 3.63) is 0 Å². The van der Waals surface area contributed by atoms with E-state index < -0.39 is 0 Å². The molecule has 2 N–H and O–H groups in total. The molecule has 0 amide bonds. The van der Waals surface area contributed by atoms with Gasteiger partial charge in [0, 0.05) is 18.6 Å². The molecule has 82 valence electrons. The predicted molar refractivity (Wildman–Crippen MR) is 60.2 cm³/mol. The second kappa shape index (κ2) is 3.49. The predicted octanol–water partition coefficient (Wildman–Crippen LogP) is 1.99. The lowest BCUT2D eigenvalue weighted by atomic mass is 9.93. The van der Waals surface area contributed by atoms with Crippen LogP contribution >= 0.6 is 0 Å². The van der Waals surface area contributed by atoms with E-state index in [0.717, 1.165) is 6.54 Å². The van der Waals surface area contributed by atoms with Gasteiger partial charge < -0.3 is 10.6 Å². The molecule has 2 aliphatic rings. The van der Waals surface area contributed by atoms with Gasteiger partial charge in [0.25, 0.3) is 0 Å². The molecule has 0 aromatic carbocycles. The minimum absolute atomic E-state index is 0.153. The van der Waals surface area contributed by atoms with Crippen molar-refractivity contribution in [2.45, 2.75) is 51.5 Å². The summed E-state index contributed by atoms with van der Waals surface area (Å²) in [6.07, 6.45) is 6.50. The fourth-order valence-electron chi connectivity index (χ4n) is 3.04. The molecule has 2 rings (SSSR count). The molecule has 14 heavy (non-hydrogen) atoms. The van der Waals surface area contributed by atoms with Crippen LogP contribution in [0.2, 0.25) is 0 Å². The summed E-state index contributed by atoms with van der Waals surface area (Å²) in [6.45, 7) is 8.37. The van der Waals surface area contributed by atoms with Crippen LogP contribution in [0, 0.1) is 5.41 Å². The van der Waals surface area contributed by atoms with Gasteiger partial charge in [-0.2, -0.15) is 0 Å². The lowest BCUT2D eigenvalue weighted by molar-refractivity contribution is 0.227. The summed E-state index contributed by atoms with van der Waals surface area (Å²) < 4.78 is 0. The first kappa shape index (κ1) is 10.4. The maximum atomic E-state index is 6.39. The van der Waals surface area contributed by atoms with Gasteiger partial charge in [0.2, 0.25) is 0 Å². The number of likely N-dealkylation sites (tertiary alicyclic amines) is 1. The average Bonchev–Trinajstić information content (AvgIpc) is 2.59. The zero-order valence-corrected chi connectivity index (χ0v) is 9.68. The SMILES string of the molecule is CC1(C)CCN(CC2(N)CCCC2)C1. The molecule has 0 aromatic rings. The Morgan fingerprint density at radius 3 is 2.29 bits per heavy atom. The second-order valence-electron chi connectivity index (χ2n) is 6.19. The van der Waals surface area contributed by atoms with Crippen LogP contribution in [0.3, 0.4) is 0 Å². The van der Waals surface area contributed by atoms with Crippen LogP contribution in [-0.4, -0.2) is 30.1 Å². The van der Waals surface area contributed by atoms with E-state index in [1.54, 1.807) is 0 Å². The van der Waals surface area contributed by atoms with E-state index in [-0.39, 0.29) is 5.54 Å². The largest absolute Gasteiger partial charge is 0.324 e. The zero-order valence-electron chi connectivity index (χ0n) is 9.68. The van der Waals surface area contributed by atoms with E-state index in [4.69, 9.17) is 5.73 Å². The minimum atomic E-state index is 0.153. The van der Waals surface area contributed by atoms with Crippen LogP contribution in [0.4, 0.5) is 0 Å². The van der Waals surface area contributed by atoms with Gasteiger partial charge in [-0.05, 0) is 31.2 Å². The van der Waals surface area contributed by atoms with Gasteiger partial charge in [-0.25, -0.2) is 0 Å². The van der Waals surface area contributed by atoms with Crippen molar-refractivity contribution in [3.63, 3.8) is 0 Å². The highest BCUT2D eigenvalue weighted by atomic mass is 15.2. The third kappa shape index (κ3) is 2.29. The smallest absolute Gasteiger partial charge is 0.0283 e. The van der Waals surface area contributed by atoms with E-state index in [0.29, 0.717) is 5.41 Å². The molecule has 1 heterocycles. The Labute approximate surface area is 87.8 Å². The average molecular weight is 196 g/mol. The first-order valence-corrected chi connectivity index (χ1v) is 6.01. The molecule has 0 bridgehead atoms. The standard InChI is InChI=1S/C12H24N2/c1-11(2)7-8-14(9-11)10-12(13)5-3-4-6-12/h3-10,13H2,1-2H3. The molecular formula is C12H24N2. The summed E-state index contributed by atoms with van der Waals surface area (Å²) in [5.74, 6) is 0. The minimum Gasteiger partial charge on any atom is -0.324 e. The number of nitrogens with two attached hydrogens (primary N) is 1. The number of hydrogen-bond acceptors (Lipinski definition) is 2. The van der Waals surface area contributed by atoms with Crippen molar-refractivity contribution >= 4 is 0 Å². The Morgan fingerprint density at radius 2 is 1.79 bits per heavy atom. The maximum Gasteiger partial charge on any atom is 0.0283 e. The van der Waals surface area contributed by atoms with Crippen LogP contribution in [-0.2, 0) is 0 Å². The molecule has 1 saturated heterocycles. The number of rotatable bonds is 2. The fraction of sp³-hybridized carbons (Fsp3) is 1.00. The van der Waals surface area contributed by atoms with Crippen molar-refractivity contribution in [3.8, 4) is 0 Å². The Bertz CT molecular complexity index is 204. The molecule has 0 unspecified atom stereocenters. The third-order valence-corrected chi connectivity index (χ3v) is 3.89. The fourth-order valence-corrected chi connectivity index (χ4v) is 3.04. The van der Waals surface area contributed by atoms with Crippen LogP contribution in [0.1, 0.15) is 46.0 Å². The summed E-state index contributed by atoms with van der Waals surface area (Å²) in [5, 5.41) is 0. The quantitative estimate of drug-likeness (QED) is 0.732. The molecule has 0 spiro atoms. The van der Waals surface area contributed by atoms with E-state index >= 15 is 0 Å². The van der Waals surface area contributed by atoms with E-state index in [1.807, 2.05) is 0 Å². The van der Waals surface area contributed by atoms with Crippen LogP contribution in [0.5, 0.6) is 0 Å². The number of hydrogen-bond donors (Lipinski definition) is 1. The maximum absolute atomic E-state index is 6.39. The molecule has 0 radical (unpaired) electrons. The lowest BCUT2D eigenvalue weighted by Crippen LogP contribution is -2.47. The highest BCUT2D eigenvalue weighted by molar-refractivity contribution is 4.94. The van der Waals surface area contributed by atoms with Gasteiger partial charge in [0.1, 0.15) is 0 Å². The molecule has 2 fully saturated rings. The zero-order chi connectivity index (χ0) is 10.2. The highest BCUT2D eigenvalue weighted by Crippen LogP contribution is 2.33. The van der Waals surface area contributed by atoms with Crippen molar-refractivity contribution < 1.29 is 0 Å². The molecule has 0 atom stereocenters. The summed E-state index contributed by atoms with van der Waals surface area (Å²) in [5.41, 5.74) is 7.06. The van der Waals surface area contributed by atoms with E-state index in [9.17, 15) is 0 Å². The lowest BCUT2D eigenvalue weighted by Gasteiger charge is -2.30. The summed E-state index contributed by atoms with van der Waals surface area (Å²) in [4.78, 5) is 2.57. The normalized spacial score (nSPS) is 31.1. The summed E-state index contributed by atoms with van der Waals surface area (Å²) in [7, 11) is 0. The van der Waals surface area contributed by atoms with Crippen molar-refractivity contribution in [1.29, 1.82) is 0 Å². The molecule has 2 nitrogen and oxygen atoms in total. The van der Waals surface area contributed by atoms with Gasteiger partial charge >= 0.3 is 0 Å². The number of nitrogens with zero attached hydrogens (tertiary/aromatic N) is 1. The van der Waals surface area contributed by atoms with Crippen molar-refractivity contribution in [1.82, 2.24) is 4.90 Å².